The number of nitrogens with zero attached hydrogens (tertiary/aromatic N) is 1. The normalized spacial score (nSPS) is 17.1. The molecule has 0 aliphatic carbocycles. The maximum absolute atomic E-state index is 5.43. The molecule has 2 rings (SSSR count). The average molecular weight is 220 g/mol. The summed E-state index contributed by atoms with van der Waals surface area (Å²) in [6.45, 7) is 1.94. The third kappa shape index (κ3) is 2.30. The molecule has 1 aromatic rings. The number of hydrogen-bond donors (Lipinski definition) is 0. The van der Waals surface area contributed by atoms with E-state index < -0.39 is 0 Å². The van der Waals surface area contributed by atoms with E-state index in [2.05, 4.69) is 11.4 Å². The quantitative estimate of drug-likeness (QED) is 0.782. The Labute approximate surface area is 96.8 Å². The Balaban J connectivity index is 2.24. The molecule has 0 atom stereocenters. The molecule has 1 saturated heterocycles. The largest absolute Gasteiger partial charge is 0.497 e. The van der Waals surface area contributed by atoms with Crippen LogP contribution in [0.25, 0.3) is 0 Å². The highest BCUT2D eigenvalue weighted by Crippen LogP contribution is 2.35. The van der Waals surface area contributed by atoms with E-state index in [0.717, 1.165) is 37.4 Å². The van der Waals surface area contributed by atoms with Crippen LogP contribution in [-0.4, -0.2) is 27.3 Å². The monoisotopic (exact) mass is 220 g/mol. The van der Waals surface area contributed by atoms with Crippen molar-refractivity contribution in [3.05, 3.63) is 23.8 Å². The van der Waals surface area contributed by atoms with Crippen molar-refractivity contribution in [1.29, 1.82) is 0 Å². The minimum atomic E-state index is 0.582. The average Bonchev–Trinajstić information content (AvgIpc) is 2.39. The molecule has 16 heavy (non-hydrogen) atoms. The van der Waals surface area contributed by atoms with Crippen molar-refractivity contribution in [3.8, 4) is 11.5 Å². The number of ether oxygens (including phenoxy) is 2. The van der Waals surface area contributed by atoms with Gasteiger partial charge in [-0.2, -0.15) is 0 Å². The van der Waals surface area contributed by atoms with Gasteiger partial charge in [-0.05, 0) is 30.4 Å². The van der Waals surface area contributed by atoms with Crippen LogP contribution >= 0.6 is 0 Å². The van der Waals surface area contributed by atoms with E-state index in [1.807, 2.05) is 12.1 Å². The Morgan fingerprint density at radius 2 is 1.88 bits per heavy atom. The highest BCUT2D eigenvalue weighted by Gasteiger charge is 2.19. The lowest BCUT2D eigenvalue weighted by molar-refractivity contribution is 0.379. The Bertz CT molecular complexity index is 346. The summed E-state index contributed by atoms with van der Waals surface area (Å²) in [5.41, 5.74) is 1.29. The summed E-state index contributed by atoms with van der Waals surface area (Å²) < 4.78 is 10.6. The second-order valence-electron chi connectivity index (χ2n) is 4.05. The predicted octanol–water partition coefficient (Wildman–Crippen LogP) is 2.19. The summed E-state index contributed by atoms with van der Waals surface area (Å²) in [6, 6.07) is 6.08. The molecule has 0 aromatic heterocycles. The lowest BCUT2D eigenvalue weighted by atomic mass is 9.89. The van der Waals surface area contributed by atoms with E-state index in [1.165, 1.54) is 5.56 Å². The number of hydrogen-bond acceptors (Lipinski definition) is 2. The first-order chi connectivity index (χ1) is 7.85. The Morgan fingerprint density at radius 1 is 1.12 bits per heavy atom. The maximum Gasteiger partial charge on any atom is 0.126 e. The van der Waals surface area contributed by atoms with Crippen molar-refractivity contribution in [2.45, 2.75) is 18.8 Å². The lowest BCUT2D eigenvalue weighted by Gasteiger charge is -2.23. The standard InChI is InChI=1S/C13H18NO2/c1-15-11-3-4-12(13(9-11)16-2)10-5-7-14-8-6-10/h3-4,9-10H,5-8H2,1-2H3. The summed E-state index contributed by atoms with van der Waals surface area (Å²) in [6.07, 6.45) is 2.26. The number of piperidine rings is 1. The predicted molar refractivity (Wildman–Crippen MR) is 63.4 cm³/mol. The third-order valence-electron chi connectivity index (χ3n) is 3.15. The Morgan fingerprint density at radius 3 is 2.50 bits per heavy atom. The zero-order valence-corrected chi connectivity index (χ0v) is 9.90. The van der Waals surface area contributed by atoms with E-state index in [-0.39, 0.29) is 0 Å². The van der Waals surface area contributed by atoms with Crippen LogP contribution in [0.4, 0.5) is 0 Å². The van der Waals surface area contributed by atoms with Gasteiger partial charge in [0.05, 0.1) is 14.2 Å². The van der Waals surface area contributed by atoms with Crippen LogP contribution in [0.3, 0.4) is 0 Å². The van der Waals surface area contributed by atoms with Crippen LogP contribution in [0, 0.1) is 0 Å². The van der Waals surface area contributed by atoms with Crippen LogP contribution in [0.2, 0.25) is 0 Å². The molecule has 1 aliphatic heterocycles. The van der Waals surface area contributed by atoms with Gasteiger partial charge < -0.3 is 9.47 Å². The molecule has 0 spiro atoms. The maximum atomic E-state index is 5.43. The highest BCUT2D eigenvalue weighted by molar-refractivity contribution is 5.42. The first-order valence-electron chi connectivity index (χ1n) is 5.70. The van der Waals surface area contributed by atoms with Gasteiger partial charge >= 0.3 is 0 Å². The first-order valence-corrected chi connectivity index (χ1v) is 5.70. The lowest BCUT2D eigenvalue weighted by Crippen LogP contribution is -2.21. The van der Waals surface area contributed by atoms with Crippen molar-refractivity contribution in [3.63, 3.8) is 0 Å². The van der Waals surface area contributed by atoms with Gasteiger partial charge in [-0.25, -0.2) is 5.32 Å². The molecular weight excluding hydrogens is 202 g/mol. The second kappa shape index (κ2) is 5.21. The molecule has 0 bridgehead atoms. The minimum absolute atomic E-state index is 0.582. The SMILES string of the molecule is COc1ccc(C2CC[N]CC2)c(OC)c1. The summed E-state index contributed by atoms with van der Waals surface area (Å²) >= 11 is 0. The summed E-state index contributed by atoms with van der Waals surface area (Å²) in [7, 11) is 3.39. The zero-order valence-electron chi connectivity index (χ0n) is 9.90. The zero-order chi connectivity index (χ0) is 11.4. The first kappa shape index (κ1) is 11.3. The summed E-state index contributed by atoms with van der Waals surface area (Å²) in [5.74, 6) is 2.37. The molecule has 0 saturated carbocycles. The molecule has 3 heteroatoms. The second-order valence-corrected chi connectivity index (χ2v) is 4.05. The number of rotatable bonds is 3. The summed E-state index contributed by atoms with van der Waals surface area (Å²) in [4.78, 5) is 0. The van der Waals surface area contributed by atoms with Crippen molar-refractivity contribution < 1.29 is 9.47 Å². The molecule has 1 aromatic carbocycles. The van der Waals surface area contributed by atoms with E-state index in [1.54, 1.807) is 14.2 Å². The van der Waals surface area contributed by atoms with Gasteiger partial charge in [0.1, 0.15) is 11.5 Å². The molecule has 0 amide bonds. The topological polar surface area (TPSA) is 32.6 Å². The molecular formula is C13H18NO2. The Hall–Kier alpha value is -1.22. The van der Waals surface area contributed by atoms with Crippen LogP contribution in [0.5, 0.6) is 11.5 Å². The highest BCUT2D eigenvalue weighted by atomic mass is 16.5. The fraction of sp³-hybridized carbons (Fsp3) is 0.538. The summed E-state index contributed by atoms with van der Waals surface area (Å²) in [5, 5.41) is 4.38. The molecule has 0 unspecified atom stereocenters. The fourth-order valence-corrected chi connectivity index (χ4v) is 2.22. The molecule has 87 valence electrons. The fourth-order valence-electron chi connectivity index (χ4n) is 2.22. The van der Waals surface area contributed by atoms with Gasteiger partial charge in [-0.1, -0.05) is 6.07 Å². The minimum Gasteiger partial charge on any atom is -0.497 e. The van der Waals surface area contributed by atoms with Gasteiger partial charge in [0, 0.05) is 19.2 Å². The van der Waals surface area contributed by atoms with Crippen LogP contribution in [0.1, 0.15) is 24.3 Å². The van der Waals surface area contributed by atoms with Crippen molar-refractivity contribution in [1.82, 2.24) is 5.32 Å². The van der Waals surface area contributed by atoms with E-state index in [0.29, 0.717) is 5.92 Å². The van der Waals surface area contributed by atoms with Crippen molar-refractivity contribution in [2.24, 2.45) is 0 Å². The molecule has 3 nitrogen and oxygen atoms in total. The molecule has 1 aliphatic rings. The van der Waals surface area contributed by atoms with Gasteiger partial charge in [0.2, 0.25) is 0 Å². The Kier molecular flexibility index (Phi) is 3.67. The van der Waals surface area contributed by atoms with E-state index >= 15 is 0 Å². The van der Waals surface area contributed by atoms with E-state index in [9.17, 15) is 0 Å². The van der Waals surface area contributed by atoms with Crippen LogP contribution in [0.15, 0.2) is 18.2 Å². The molecule has 0 N–H and O–H groups in total. The number of methoxy groups -OCH3 is 2. The smallest absolute Gasteiger partial charge is 0.126 e. The van der Waals surface area contributed by atoms with Gasteiger partial charge in [-0.15, -0.1) is 0 Å². The molecule has 1 fully saturated rings. The van der Waals surface area contributed by atoms with E-state index in [4.69, 9.17) is 9.47 Å². The number of benzene rings is 1. The van der Waals surface area contributed by atoms with Gasteiger partial charge in [0.15, 0.2) is 0 Å². The van der Waals surface area contributed by atoms with Crippen molar-refractivity contribution >= 4 is 0 Å². The van der Waals surface area contributed by atoms with Crippen molar-refractivity contribution in [2.75, 3.05) is 27.3 Å². The third-order valence-corrected chi connectivity index (χ3v) is 3.15. The van der Waals surface area contributed by atoms with Crippen LogP contribution < -0.4 is 14.8 Å². The van der Waals surface area contributed by atoms with Crippen LogP contribution in [-0.2, 0) is 0 Å². The van der Waals surface area contributed by atoms with Gasteiger partial charge in [0.25, 0.3) is 0 Å². The molecule has 1 heterocycles. The van der Waals surface area contributed by atoms with Gasteiger partial charge in [-0.3, -0.25) is 0 Å². The molecule has 1 radical (unpaired) electrons.